The van der Waals surface area contributed by atoms with Crippen LogP contribution in [0.3, 0.4) is 0 Å². The van der Waals surface area contributed by atoms with Gasteiger partial charge in [-0.2, -0.15) is 0 Å². The van der Waals surface area contributed by atoms with Crippen molar-refractivity contribution in [3.63, 3.8) is 0 Å². The first-order valence-corrected chi connectivity index (χ1v) is 13.9. The van der Waals surface area contributed by atoms with Gasteiger partial charge in [-0.1, -0.05) is 13.8 Å². The normalized spacial score (nSPS) is 25.0. The standard InChI is InChI=1S/C28H43N5O2/c1-20(2)21-7-9-22(10-8-21)32-16-11-23(12-17-32)33-26(18-30-28(34)35)25(19-31-14-3-4-15-31)24-6-5-13-29-27(24)33/h5-6,13,20-23,30H,3-4,7-12,14-19H2,1-2H3,(H,34,35)/t21-,22+. The number of nitrogens with one attached hydrogen (secondary N) is 1. The van der Waals surface area contributed by atoms with E-state index < -0.39 is 6.09 Å². The molecule has 1 amide bonds. The molecular formula is C28H43N5O2. The van der Waals surface area contributed by atoms with Crippen LogP contribution in [-0.2, 0) is 13.1 Å². The van der Waals surface area contributed by atoms with Crippen LogP contribution in [0.5, 0.6) is 0 Å². The van der Waals surface area contributed by atoms with E-state index in [2.05, 4.69) is 39.6 Å². The topological polar surface area (TPSA) is 73.6 Å². The molecule has 3 aliphatic rings. The van der Waals surface area contributed by atoms with Gasteiger partial charge in [0.2, 0.25) is 0 Å². The third-order valence-corrected chi connectivity index (χ3v) is 9.03. The summed E-state index contributed by atoms with van der Waals surface area (Å²) in [7, 11) is 0. The second-order valence-electron chi connectivity index (χ2n) is 11.4. The van der Waals surface area contributed by atoms with Crippen molar-refractivity contribution in [1.82, 2.24) is 24.7 Å². The number of nitrogens with zero attached hydrogens (tertiary/aromatic N) is 4. The van der Waals surface area contributed by atoms with Gasteiger partial charge in [0.15, 0.2) is 0 Å². The molecule has 2 aromatic heterocycles. The number of amides is 1. The Labute approximate surface area is 209 Å². The molecule has 0 aromatic carbocycles. The van der Waals surface area contributed by atoms with Crippen molar-refractivity contribution in [2.45, 2.75) is 90.4 Å². The molecule has 2 N–H and O–H groups in total. The number of likely N-dealkylation sites (tertiary alicyclic amines) is 2. The van der Waals surface area contributed by atoms with Gasteiger partial charge in [0.25, 0.3) is 0 Å². The fourth-order valence-electron chi connectivity index (χ4n) is 6.98. The van der Waals surface area contributed by atoms with Gasteiger partial charge < -0.3 is 19.9 Å². The molecule has 7 heteroatoms. The molecule has 35 heavy (non-hydrogen) atoms. The Hall–Kier alpha value is -2.12. The van der Waals surface area contributed by atoms with Crippen molar-refractivity contribution in [2.75, 3.05) is 26.2 Å². The summed E-state index contributed by atoms with van der Waals surface area (Å²) < 4.78 is 2.41. The third kappa shape index (κ3) is 5.36. The number of pyridine rings is 1. The molecule has 2 aromatic rings. The van der Waals surface area contributed by atoms with E-state index >= 15 is 0 Å². The maximum Gasteiger partial charge on any atom is 0.404 e. The Morgan fingerprint density at radius 1 is 1.06 bits per heavy atom. The Balaban J connectivity index is 1.36. The average molecular weight is 482 g/mol. The first kappa shape index (κ1) is 24.6. The predicted octanol–water partition coefficient (Wildman–Crippen LogP) is 5.25. The summed E-state index contributed by atoms with van der Waals surface area (Å²) in [5.41, 5.74) is 3.40. The second kappa shape index (κ2) is 10.9. The van der Waals surface area contributed by atoms with Crippen molar-refractivity contribution in [3.05, 3.63) is 29.6 Å². The number of carbonyl (C=O) groups is 1. The van der Waals surface area contributed by atoms with E-state index in [1.54, 1.807) is 0 Å². The molecule has 0 atom stereocenters. The van der Waals surface area contributed by atoms with E-state index in [1.165, 1.54) is 49.5 Å². The second-order valence-corrected chi connectivity index (χ2v) is 11.4. The van der Waals surface area contributed by atoms with E-state index in [4.69, 9.17) is 4.98 Å². The lowest BCUT2D eigenvalue weighted by Crippen LogP contribution is -2.44. The molecule has 0 bridgehead atoms. The number of aromatic nitrogens is 2. The van der Waals surface area contributed by atoms with Crippen LogP contribution in [0, 0.1) is 11.8 Å². The molecule has 4 heterocycles. The van der Waals surface area contributed by atoms with Gasteiger partial charge in [-0.25, -0.2) is 9.78 Å². The quantitative estimate of drug-likeness (QED) is 0.565. The van der Waals surface area contributed by atoms with Crippen molar-refractivity contribution in [3.8, 4) is 0 Å². The lowest BCUT2D eigenvalue weighted by Gasteiger charge is -2.42. The monoisotopic (exact) mass is 481 g/mol. The van der Waals surface area contributed by atoms with Crippen LogP contribution < -0.4 is 5.32 Å². The first-order valence-electron chi connectivity index (χ1n) is 13.9. The van der Waals surface area contributed by atoms with Crippen LogP contribution >= 0.6 is 0 Å². The van der Waals surface area contributed by atoms with Crippen LogP contribution in [0.15, 0.2) is 18.3 Å². The molecule has 1 aliphatic carbocycles. The SMILES string of the molecule is CC(C)[C@H]1CC[C@@H](N2CCC(n3c(CNC(=O)O)c(CN4CCCC4)c4cccnc43)CC2)CC1. The minimum Gasteiger partial charge on any atom is -0.465 e. The van der Waals surface area contributed by atoms with Crippen molar-refractivity contribution < 1.29 is 9.90 Å². The molecule has 0 unspecified atom stereocenters. The van der Waals surface area contributed by atoms with Gasteiger partial charge >= 0.3 is 6.09 Å². The highest BCUT2D eigenvalue weighted by Crippen LogP contribution is 2.37. The molecular weight excluding hydrogens is 438 g/mol. The van der Waals surface area contributed by atoms with Gasteiger partial charge in [0.1, 0.15) is 5.65 Å². The summed E-state index contributed by atoms with van der Waals surface area (Å²) in [6, 6.07) is 5.31. The Kier molecular flexibility index (Phi) is 7.63. The summed E-state index contributed by atoms with van der Waals surface area (Å²) in [5.74, 6) is 1.71. The average Bonchev–Trinajstić information content (AvgIpc) is 3.49. The van der Waals surface area contributed by atoms with Crippen LogP contribution in [0.1, 0.15) is 82.5 Å². The number of rotatable bonds is 7. The Morgan fingerprint density at radius 3 is 2.43 bits per heavy atom. The maximum atomic E-state index is 11.5. The highest BCUT2D eigenvalue weighted by molar-refractivity contribution is 5.82. The van der Waals surface area contributed by atoms with E-state index in [1.807, 2.05) is 12.3 Å². The van der Waals surface area contributed by atoms with Crippen LogP contribution in [0.25, 0.3) is 11.0 Å². The number of hydrogen-bond donors (Lipinski definition) is 2. The molecule has 7 nitrogen and oxygen atoms in total. The highest BCUT2D eigenvalue weighted by Gasteiger charge is 2.32. The number of piperidine rings is 1. The third-order valence-electron chi connectivity index (χ3n) is 9.03. The fourth-order valence-corrected chi connectivity index (χ4v) is 6.98. The van der Waals surface area contributed by atoms with Gasteiger partial charge in [-0.3, -0.25) is 4.90 Å². The van der Waals surface area contributed by atoms with E-state index in [-0.39, 0.29) is 0 Å². The van der Waals surface area contributed by atoms with E-state index in [0.29, 0.717) is 12.6 Å². The van der Waals surface area contributed by atoms with Crippen molar-refractivity contribution in [1.29, 1.82) is 0 Å². The Bertz CT molecular complexity index is 996. The number of fused-ring (bicyclic) bond motifs is 1. The van der Waals surface area contributed by atoms with Gasteiger partial charge in [0, 0.05) is 49.0 Å². The smallest absolute Gasteiger partial charge is 0.404 e. The zero-order valence-corrected chi connectivity index (χ0v) is 21.6. The van der Waals surface area contributed by atoms with E-state index in [0.717, 1.165) is 74.8 Å². The van der Waals surface area contributed by atoms with Gasteiger partial charge in [-0.05, 0) is 94.0 Å². The molecule has 5 rings (SSSR count). The molecule has 2 saturated heterocycles. The van der Waals surface area contributed by atoms with E-state index in [9.17, 15) is 9.90 Å². The molecule has 2 aliphatic heterocycles. The minimum atomic E-state index is -0.964. The number of hydrogen-bond acceptors (Lipinski definition) is 4. The lowest BCUT2D eigenvalue weighted by molar-refractivity contribution is 0.0887. The summed E-state index contributed by atoms with van der Waals surface area (Å²) in [5, 5.41) is 13.3. The molecule has 0 spiro atoms. The first-order chi connectivity index (χ1) is 17.0. The lowest BCUT2D eigenvalue weighted by atomic mass is 9.79. The minimum absolute atomic E-state index is 0.342. The number of carboxylic acid groups (broad SMARTS) is 1. The van der Waals surface area contributed by atoms with Gasteiger partial charge in [-0.15, -0.1) is 0 Å². The van der Waals surface area contributed by atoms with Crippen molar-refractivity contribution in [2.24, 2.45) is 11.8 Å². The zero-order chi connectivity index (χ0) is 24.4. The Morgan fingerprint density at radius 2 is 1.77 bits per heavy atom. The summed E-state index contributed by atoms with van der Waals surface area (Å²) in [6.07, 6.45) is 11.1. The van der Waals surface area contributed by atoms with Crippen molar-refractivity contribution >= 4 is 17.1 Å². The molecule has 1 saturated carbocycles. The molecule has 3 fully saturated rings. The molecule has 192 valence electrons. The fraction of sp³-hybridized carbons (Fsp3) is 0.714. The highest BCUT2D eigenvalue weighted by atomic mass is 16.4. The largest absolute Gasteiger partial charge is 0.465 e. The maximum absolute atomic E-state index is 11.5. The summed E-state index contributed by atoms with van der Waals surface area (Å²) >= 11 is 0. The summed E-state index contributed by atoms with van der Waals surface area (Å²) in [4.78, 5) is 21.5. The van der Waals surface area contributed by atoms with Crippen LogP contribution in [-0.4, -0.2) is 62.8 Å². The molecule has 0 radical (unpaired) electrons. The predicted molar refractivity (Wildman–Crippen MR) is 140 cm³/mol. The van der Waals surface area contributed by atoms with Gasteiger partial charge in [0.05, 0.1) is 6.54 Å². The van der Waals surface area contributed by atoms with Crippen LogP contribution in [0.2, 0.25) is 0 Å². The van der Waals surface area contributed by atoms with Crippen LogP contribution in [0.4, 0.5) is 4.79 Å². The summed E-state index contributed by atoms with van der Waals surface area (Å²) in [6.45, 7) is 10.5. The zero-order valence-electron chi connectivity index (χ0n) is 21.6.